The summed E-state index contributed by atoms with van der Waals surface area (Å²) in [6.45, 7) is 5.53. The van der Waals surface area contributed by atoms with Gasteiger partial charge >= 0.3 is 0 Å². The first-order valence-corrected chi connectivity index (χ1v) is 12.8. The molecule has 0 spiro atoms. The van der Waals surface area contributed by atoms with E-state index in [1.165, 1.54) is 12.1 Å². The van der Waals surface area contributed by atoms with Crippen LogP contribution in [-0.2, 0) is 0 Å². The standard InChI is InChI=1S/C24H30F2N8OS/c1-3-33(2)36-32-19-5-4-18(25)20(21(19)26)22(35)17-12-29-23-16(17)8-14(9-28-23)15-10-30-24(31-11-15)34-7-6-27-13-34/h8-11,17,22,27,32,35H,3-7,12-13H2,1-2H3,(H,28,29). The minimum absolute atomic E-state index is 0.0417. The van der Waals surface area contributed by atoms with Gasteiger partial charge in [-0.2, -0.15) is 0 Å². The minimum atomic E-state index is -1.36. The van der Waals surface area contributed by atoms with Gasteiger partial charge in [-0.15, -0.1) is 0 Å². The lowest BCUT2D eigenvalue weighted by atomic mass is 9.86. The summed E-state index contributed by atoms with van der Waals surface area (Å²) in [5.74, 6) is -0.635. The van der Waals surface area contributed by atoms with Crippen LogP contribution in [0, 0.1) is 0 Å². The van der Waals surface area contributed by atoms with Crippen molar-refractivity contribution in [3.63, 3.8) is 0 Å². The average Bonchev–Trinajstić information content (AvgIpc) is 3.58. The molecule has 0 radical (unpaired) electrons. The number of aliphatic hydroxyl groups excluding tert-OH is 1. The molecule has 2 atom stereocenters. The average molecular weight is 517 g/mol. The molecule has 9 nitrogen and oxygen atoms in total. The van der Waals surface area contributed by atoms with Gasteiger partial charge in [-0.05, 0) is 19.5 Å². The van der Waals surface area contributed by atoms with Crippen LogP contribution in [0.25, 0.3) is 11.1 Å². The van der Waals surface area contributed by atoms with Crippen LogP contribution in [-0.4, -0.2) is 70.4 Å². The Kier molecular flexibility index (Phi) is 7.37. The molecule has 36 heavy (non-hydrogen) atoms. The largest absolute Gasteiger partial charge is 0.387 e. The third-order valence-electron chi connectivity index (χ3n) is 6.76. The van der Waals surface area contributed by atoms with Crippen LogP contribution < -0.4 is 20.3 Å². The summed E-state index contributed by atoms with van der Waals surface area (Å²) in [5, 5.41) is 17.6. The summed E-state index contributed by atoms with van der Waals surface area (Å²) in [6, 6.07) is 1.89. The molecule has 2 aliphatic heterocycles. The number of hydrogen-bond acceptors (Lipinski definition) is 10. The molecule has 4 heterocycles. The summed E-state index contributed by atoms with van der Waals surface area (Å²) in [7, 11) is 1.87. The Hall–Kier alpha value is -2.80. The third-order valence-corrected chi connectivity index (χ3v) is 7.66. The number of rotatable bonds is 8. The number of halogens is 2. The number of hydrogen-bond donors (Lipinski definition) is 4. The highest BCUT2D eigenvalue weighted by Gasteiger charge is 2.37. The highest BCUT2D eigenvalue weighted by molar-refractivity contribution is 7.95. The van der Waals surface area contributed by atoms with E-state index in [-0.39, 0.29) is 18.4 Å². The van der Waals surface area contributed by atoms with Crippen molar-refractivity contribution in [1.29, 1.82) is 0 Å². The second-order valence-electron chi connectivity index (χ2n) is 9.04. The van der Waals surface area contributed by atoms with E-state index >= 15 is 4.39 Å². The van der Waals surface area contributed by atoms with Gasteiger partial charge in [0.25, 0.3) is 0 Å². The molecule has 5 rings (SSSR count). The zero-order valence-corrected chi connectivity index (χ0v) is 21.1. The molecule has 2 aromatic heterocycles. The highest BCUT2D eigenvalue weighted by Crippen LogP contribution is 2.42. The topological polar surface area (TPSA) is 101 Å². The molecule has 1 aliphatic carbocycles. The van der Waals surface area contributed by atoms with E-state index in [0.717, 1.165) is 30.8 Å². The number of nitrogens with zero attached hydrogens (tertiary/aromatic N) is 5. The zero-order chi connectivity index (χ0) is 25.2. The van der Waals surface area contributed by atoms with Crippen LogP contribution in [0.1, 0.15) is 31.2 Å². The van der Waals surface area contributed by atoms with Gasteiger partial charge < -0.3 is 20.0 Å². The van der Waals surface area contributed by atoms with E-state index < -0.39 is 23.7 Å². The number of nitrogens with one attached hydrogen (secondary N) is 3. The normalized spacial score (nSPS) is 20.7. The Labute approximate surface area is 213 Å². The number of allylic oxidation sites excluding steroid dienone is 2. The number of aromatic nitrogens is 3. The summed E-state index contributed by atoms with van der Waals surface area (Å²) < 4.78 is 35.1. The maximum Gasteiger partial charge on any atom is 0.226 e. The maximum absolute atomic E-state index is 15.4. The number of aliphatic hydroxyl groups is 1. The Balaban J connectivity index is 1.38. The van der Waals surface area contributed by atoms with Crippen LogP contribution in [0.3, 0.4) is 0 Å². The maximum atomic E-state index is 15.4. The van der Waals surface area contributed by atoms with Gasteiger partial charge in [0, 0.05) is 85.9 Å². The van der Waals surface area contributed by atoms with Crippen LogP contribution in [0.4, 0.5) is 20.5 Å². The lowest BCUT2D eigenvalue weighted by Crippen LogP contribution is -2.27. The van der Waals surface area contributed by atoms with E-state index in [4.69, 9.17) is 0 Å². The molecule has 0 bridgehead atoms. The number of pyridine rings is 1. The molecule has 0 amide bonds. The smallest absolute Gasteiger partial charge is 0.226 e. The molecule has 12 heteroatoms. The van der Waals surface area contributed by atoms with Crippen molar-refractivity contribution in [2.24, 2.45) is 0 Å². The van der Waals surface area contributed by atoms with E-state index in [2.05, 4.69) is 35.2 Å². The van der Waals surface area contributed by atoms with Crippen LogP contribution in [0.5, 0.6) is 0 Å². The van der Waals surface area contributed by atoms with Crippen molar-refractivity contribution in [2.75, 3.05) is 50.1 Å². The molecule has 4 N–H and O–H groups in total. The molecule has 2 aromatic rings. The van der Waals surface area contributed by atoms with Crippen molar-refractivity contribution >= 4 is 23.9 Å². The van der Waals surface area contributed by atoms with Crippen LogP contribution in [0.15, 0.2) is 47.6 Å². The van der Waals surface area contributed by atoms with Crippen LogP contribution in [0.2, 0.25) is 0 Å². The van der Waals surface area contributed by atoms with Gasteiger partial charge in [0.1, 0.15) is 11.6 Å². The minimum Gasteiger partial charge on any atom is -0.387 e. The molecule has 0 saturated carbocycles. The first-order chi connectivity index (χ1) is 17.5. The van der Waals surface area contributed by atoms with Crippen LogP contribution >= 0.6 is 12.1 Å². The fourth-order valence-electron chi connectivity index (χ4n) is 4.53. The van der Waals surface area contributed by atoms with Gasteiger partial charge in [-0.1, -0.05) is 6.92 Å². The predicted molar refractivity (Wildman–Crippen MR) is 137 cm³/mol. The number of fused-ring (bicyclic) bond motifs is 1. The lowest BCUT2D eigenvalue weighted by molar-refractivity contribution is 0.177. The lowest BCUT2D eigenvalue weighted by Gasteiger charge is -2.26. The second kappa shape index (κ2) is 10.7. The van der Waals surface area contributed by atoms with Gasteiger partial charge in [0.2, 0.25) is 5.95 Å². The Morgan fingerprint density at radius 1 is 1.22 bits per heavy atom. The molecule has 2 unspecified atom stereocenters. The van der Waals surface area contributed by atoms with E-state index in [9.17, 15) is 9.50 Å². The summed E-state index contributed by atoms with van der Waals surface area (Å²) >= 11 is 1.25. The zero-order valence-electron chi connectivity index (χ0n) is 20.3. The second-order valence-corrected chi connectivity index (χ2v) is 10.0. The van der Waals surface area contributed by atoms with Crippen molar-refractivity contribution in [3.05, 3.63) is 53.1 Å². The van der Waals surface area contributed by atoms with Crippen molar-refractivity contribution in [2.45, 2.75) is 31.8 Å². The third kappa shape index (κ3) is 4.90. The Bertz CT molecular complexity index is 1170. The first kappa shape index (κ1) is 24.9. The first-order valence-electron chi connectivity index (χ1n) is 12.1. The Morgan fingerprint density at radius 3 is 2.72 bits per heavy atom. The highest BCUT2D eigenvalue weighted by atomic mass is 32.2. The van der Waals surface area contributed by atoms with Crippen molar-refractivity contribution in [1.82, 2.24) is 29.3 Å². The fourth-order valence-corrected chi connectivity index (χ4v) is 5.11. The molecule has 3 aliphatic rings. The van der Waals surface area contributed by atoms with Gasteiger partial charge in [-0.25, -0.2) is 28.0 Å². The van der Waals surface area contributed by atoms with Gasteiger partial charge in [-0.3, -0.25) is 5.32 Å². The van der Waals surface area contributed by atoms with Gasteiger partial charge in [0.15, 0.2) is 5.83 Å². The molecule has 0 aromatic carbocycles. The predicted octanol–water partition coefficient (Wildman–Crippen LogP) is 3.08. The molecular formula is C24H30F2N8OS. The summed E-state index contributed by atoms with van der Waals surface area (Å²) in [4.78, 5) is 15.5. The Morgan fingerprint density at radius 2 is 2.00 bits per heavy atom. The number of anilines is 2. The van der Waals surface area contributed by atoms with E-state index in [1.54, 1.807) is 18.6 Å². The quantitative estimate of drug-likeness (QED) is 0.392. The molecular weight excluding hydrogens is 486 g/mol. The monoisotopic (exact) mass is 516 g/mol. The SMILES string of the molecule is CCN(C)SNC1=C(F)C(C(O)C2CNc3ncc(-c4cnc(N5CCNC5)nc4)cc32)=C(F)CC1. The summed E-state index contributed by atoms with van der Waals surface area (Å²) in [5.41, 5.74) is 2.27. The van der Waals surface area contributed by atoms with Gasteiger partial charge in [0.05, 0.1) is 24.0 Å². The molecule has 1 fully saturated rings. The fraction of sp³-hybridized carbons (Fsp3) is 0.458. The molecule has 192 valence electrons. The van der Waals surface area contributed by atoms with E-state index in [0.29, 0.717) is 36.2 Å². The van der Waals surface area contributed by atoms with Crippen molar-refractivity contribution < 1.29 is 13.9 Å². The summed E-state index contributed by atoms with van der Waals surface area (Å²) in [6.07, 6.45) is 4.09. The molecule has 1 saturated heterocycles. The van der Waals surface area contributed by atoms with Crippen molar-refractivity contribution in [3.8, 4) is 11.1 Å². The van der Waals surface area contributed by atoms with E-state index in [1.807, 2.05) is 24.3 Å².